The predicted molar refractivity (Wildman–Crippen MR) is 61.1 cm³/mol. The van der Waals surface area contributed by atoms with Gasteiger partial charge in [0.1, 0.15) is 11.6 Å². The Hall–Kier alpha value is -1.49. The Bertz CT molecular complexity index is 396. The number of hydrogen-bond donors (Lipinski definition) is 2. The van der Waals surface area contributed by atoms with Gasteiger partial charge in [-0.3, -0.25) is 4.79 Å². The molecular weight excluding hydrogens is 226 g/mol. The van der Waals surface area contributed by atoms with Gasteiger partial charge in [-0.25, -0.2) is 8.78 Å². The molecule has 0 saturated heterocycles. The monoisotopic (exact) mass is 242 g/mol. The van der Waals surface area contributed by atoms with E-state index >= 15 is 0 Å². The summed E-state index contributed by atoms with van der Waals surface area (Å²) in [4.78, 5) is 11.4. The van der Waals surface area contributed by atoms with Crippen molar-refractivity contribution in [3.8, 4) is 0 Å². The van der Waals surface area contributed by atoms with Crippen LogP contribution in [-0.2, 0) is 11.3 Å². The fraction of sp³-hybridized carbons (Fsp3) is 0.417. The summed E-state index contributed by atoms with van der Waals surface area (Å²) in [6.45, 7) is 1.85. The maximum Gasteiger partial charge on any atom is 0.221 e. The van der Waals surface area contributed by atoms with Crippen molar-refractivity contribution in [2.75, 3.05) is 0 Å². The molecule has 3 nitrogen and oxygen atoms in total. The summed E-state index contributed by atoms with van der Waals surface area (Å²) in [7, 11) is 0. The van der Waals surface area contributed by atoms with Crippen LogP contribution in [0.4, 0.5) is 8.78 Å². The van der Waals surface area contributed by atoms with Crippen molar-refractivity contribution in [1.82, 2.24) is 5.32 Å². The van der Waals surface area contributed by atoms with Gasteiger partial charge in [-0.15, -0.1) is 0 Å². The molecule has 1 amide bonds. The minimum Gasteiger partial charge on any atom is -0.352 e. The quantitative estimate of drug-likeness (QED) is 0.825. The fourth-order valence-corrected chi connectivity index (χ4v) is 1.33. The molecule has 0 heterocycles. The first-order chi connectivity index (χ1) is 8.02. The van der Waals surface area contributed by atoms with Crippen LogP contribution >= 0.6 is 0 Å². The smallest absolute Gasteiger partial charge is 0.221 e. The summed E-state index contributed by atoms with van der Waals surface area (Å²) in [5.74, 6) is -1.32. The molecule has 0 saturated carbocycles. The largest absolute Gasteiger partial charge is 0.352 e. The first-order valence-electron chi connectivity index (χ1n) is 5.49. The zero-order valence-corrected chi connectivity index (χ0v) is 9.67. The minimum absolute atomic E-state index is 0.0289. The Kier molecular flexibility index (Phi) is 5.03. The molecule has 1 atom stereocenters. The molecule has 1 rings (SSSR count). The SMILES string of the molecule is CCC(N)CC(=O)NCc1cc(F)ccc1F. The third-order valence-electron chi connectivity index (χ3n) is 2.46. The van der Waals surface area contributed by atoms with Crippen molar-refractivity contribution in [2.24, 2.45) is 5.73 Å². The Labute approximate surface area is 99.0 Å². The van der Waals surface area contributed by atoms with E-state index in [1.165, 1.54) is 0 Å². The second-order valence-corrected chi connectivity index (χ2v) is 3.88. The van der Waals surface area contributed by atoms with E-state index < -0.39 is 11.6 Å². The molecule has 0 spiro atoms. The molecule has 0 aromatic heterocycles. The highest BCUT2D eigenvalue weighted by molar-refractivity contribution is 5.76. The number of benzene rings is 1. The highest BCUT2D eigenvalue weighted by atomic mass is 19.1. The first kappa shape index (κ1) is 13.6. The molecule has 1 aromatic rings. The summed E-state index contributed by atoms with van der Waals surface area (Å²) >= 11 is 0. The van der Waals surface area contributed by atoms with E-state index in [-0.39, 0.29) is 30.5 Å². The van der Waals surface area contributed by atoms with E-state index in [1.807, 2.05) is 6.92 Å². The lowest BCUT2D eigenvalue weighted by Gasteiger charge is -2.09. The lowest BCUT2D eigenvalue weighted by atomic mass is 10.1. The van der Waals surface area contributed by atoms with Gasteiger partial charge >= 0.3 is 0 Å². The maximum atomic E-state index is 13.2. The number of amides is 1. The van der Waals surface area contributed by atoms with Gasteiger partial charge < -0.3 is 11.1 Å². The van der Waals surface area contributed by atoms with Gasteiger partial charge in [-0.05, 0) is 24.6 Å². The third kappa shape index (κ3) is 4.48. The average molecular weight is 242 g/mol. The lowest BCUT2D eigenvalue weighted by molar-refractivity contribution is -0.121. The molecule has 1 unspecified atom stereocenters. The number of rotatable bonds is 5. The number of nitrogens with two attached hydrogens (primary N) is 1. The van der Waals surface area contributed by atoms with E-state index in [1.54, 1.807) is 0 Å². The van der Waals surface area contributed by atoms with E-state index in [0.717, 1.165) is 18.2 Å². The normalized spacial score (nSPS) is 12.2. The van der Waals surface area contributed by atoms with Gasteiger partial charge in [0.05, 0.1) is 0 Å². The van der Waals surface area contributed by atoms with Gasteiger partial charge in [-0.2, -0.15) is 0 Å². The van der Waals surface area contributed by atoms with Crippen LogP contribution in [0.15, 0.2) is 18.2 Å². The molecule has 94 valence electrons. The molecule has 17 heavy (non-hydrogen) atoms. The maximum absolute atomic E-state index is 13.2. The van der Waals surface area contributed by atoms with E-state index in [9.17, 15) is 13.6 Å². The van der Waals surface area contributed by atoms with E-state index in [2.05, 4.69) is 5.32 Å². The van der Waals surface area contributed by atoms with Gasteiger partial charge in [0.25, 0.3) is 0 Å². The summed E-state index contributed by atoms with van der Waals surface area (Å²) < 4.78 is 26.0. The van der Waals surface area contributed by atoms with Gasteiger partial charge in [-0.1, -0.05) is 6.92 Å². The predicted octanol–water partition coefficient (Wildman–Crippen LogP) is 1.71. The first-order valence-corrected chi connectivity index (χ1v) is 5.49. The van der Waals surface area contributed by atoms with Crippen LogP contribution in [-0.4, -0.2) is 11.9 Å². The van der Waals surface area contributed by atoms with Crippen LogP contribution in [0.5, 0.6) is 0 Å². The molecule has 5 heteroatoms. The highest BCUT2D eigenvalue weighted by Gasteiger charge is 2.09. The van der Waals surface area contributed by atoms with Crippen LogP contribution in [0.25, 0.3) is 0 Å². The van der Waals surface area contributed by atoms with E-state index in [4.69, 9.17) is 5.73 Å². The molecule has 0 aliphatic heterocycles. The average Bonchev–Trinajstić information content (AvgIpc) is 2.30. The van der Waals surface area contributed by atoms with E-state index in [0.29, 0.717) is 6.42 Å². The summed E-state index contributed by atoms with van der Waals surface area (Å²) in [6, 6.07) is 2.94. The zero-order valence-electron chi connectivity index (χ0n) is 9.67. The molecular formula is C12H16F2N2O. The molecule has 0 radical (unpaired) electrons. The fourth-order valence-electron chi connectivity index (χ4n) is 1.33. The highest BCUT2D eigenvalue weighted by Crippen LogP contribution is 2.09. The second kappa shape index (κ2) is 6.30. The number of carbonyl (C=O) groups excluding carboxylic acids is 1. The standard InChI is InChI=1S/C12H16F2N2O/c1-2-10(15)6-12(17)16-7-8-5-9(13)3-4-11(8)14/h3-5,10H,2,6-7,15H2,1H3,(H,16,17). The molecule has 0 aliphatic carbocycles. The summed E-state index contributed by atoms with van der Waals surface area (Å²) in [5, 5.41) is 2.51. The molecule has 0 aliphatic rings. The number of halogens is 2. The van der Waals surface area contributed by atoms with Crippen LogP contribution in [0, 0.1) is 11.6 Å². The van der Waals surface area contributed by atoms with Crippen molar-refractivity contribution >= 4 is 5.91 Å². The third-order valence-corrected chi connectivity index (χ3v) is 2.46. The van der Waals surface area contributed by atoms with Crippen LogP contribution in [0.3, 0.4) is 0 Å². The Balaban J connectivity index is 2.50. The summed E-state index contributed by atoms with van der Waals surface area (Å²) in [6.07, 6.45) is 0.884. The molecule has 3 N–H and O–H groups in total. The van der Waals surface area contributed by atoms with Gasteiger partial charge in [0.15, 0.2) is 0 Å². The number of hydrogen-bond acceptors (Lipinski definition) is 2. The topological polar surface area (TPSA) is 55.1 Å². The van der Waals surface area contributed by atoms with Crippen LogP contribution < -0.4 is 11.1 Å². The van der Waals surface area contributed by atoms with Crippen molar-refractivity contribution in [2.45, 2.75) is 32.4 Å². The van der Waals surface area contributed by atoms with Crippen LogP contribution in [0.1, 0.15) is 25.3 Å². The zero-order chi connectivity index (χ0) is 12.8. The van der Waals surface area contributed by atoms with Crippen molar-refractivity contribution in [1.29, 1.82) is 0 Å². The molecule has 0 bridgehead atoms. The Morgan fingerprint density at radius 3 is 2.82 bits per heavy atom. The number of carbonyl (C=O) groups is 1. The minimum atomic E-state index is -0.536. The van der Waals surface area contributed by atoms with Crippen molar-refractivity contribution in [3.63, 3.8) is 0 Å². The van der Waals surface area contributed by atoms with Gasteiger partial charge in [0, 0.05) is 24.6 Å². The number of nitrogens with one attached hydrogen (secondary N) is 1. The van der Waals surface area contributed by atoms with Gasteiger partial charge in [0.2, 0.25) is 5.91 Å². The van der Waals surface area contributed by atoms with Crippen molar-refractivity contribution < 1.29 is 13.6 Å². The van der Waals surface area contributed by atoms with Crippen molar-refractivity contribution in [3.05, 3.63) is 35.4 Å². The molecule has 0 fully saturated rings. The lowest BCUT2D eigenvalue weighted by Crippen LogP contribution is -2.31. The second-order valence-electron chi connectivity index (χ2n) is 3.88. The van der Waals surface area contributed by atoms with Crippen LogP contribution in [0.2, 0.25) is 0 Å². The Morgan fingerprint density at radius 2 is 2.18 bits per heavy atom. The molecule has 1 aromatic carbocycles. The Morgan fingerprint density at radius 1 is 1.47 bits per heavy atom. The summed E-state index contributed by atoms with van der Waals surface area (Å²) in [5.41, 5.74) is 5.73.